The predicted octanol–water partition coefficient (Wildman–Crippen LogP) is 4.28. The third-order valence-corrected chi connectivity index (χ3v) is 3.64. The Bertz CT molecular complexity index is 844. The summed E-state index contributed by atoms with van der Waals surface area (Å²) in [5.41, 5.74) is -0.992. The third-order valence-electron chi connectivity index (χ3n) is 3.07. The van der Waals surface area contributed by atoms with Gasteiger partial charge in [0.2, 0.25) is 5.88 Å². The van der Waals surface area contributed by atoms with Crippen LogP contribution in [0.4, 0.5) is 13.2 Å². The third kappa shape index (κ3) is 6.58. The Kier molecular flexibility index (Phi) is 7.47. The molecule has 0 saturated carbocycles. The van der Waals surface area contributed by atoms with Crippen LogP contribution in [0, 0.1) is 0 Å². The second-order valence-corrected chi connectivity index (χ2v) is 5.88. The van der Waals surface area contributed by atoms with Crippen LogP contribution < -0.4 is 9.47 Å². The molecule has 0 spiro atoms. The van der Waals surface area contributed by atoms with Gasteiger partial charge in [-0.25, -0.2) is 9.78 Å². The molecule has 0 bridgehead atoms. The van der Waals surface area contributed by atoms with E-state index in [1.165, 1.54) is 24.3 Å². The van der Waals surface area contributed by atoms with Gasteiger partial charge in [0.1, 0.15) is 16.5 Å². The van der Waals surface area contributed by atoms with Crippen molar-refractivity contribution in [1.82, 2.24) is 4.98 Å². The zero-order valence-corrected chi connectivity index (χ0v) is 15.5. The Morgan fingerprint density at radius 2 is 1.71 bits per heavy atom. The van der Waals surface area contributed by atoms with Crippen LogP contribution in [0.5, 0.6) is 17.4 Å². The maximum atomic E-state index is 12.6. The number of nitrogens with zero attached hydrogens (tertiary/aromatic N) is 1. The monoisotopic (exact) mass is 437 g/mol. The van der Waals surface area contributed by atoms with Crippen LogP contribution in [0.15, 0.2) is 36.5 Å². The normalized spacial score (nSPS) is 11.0. The van der Waals surface area contributed by atoms with Crippen LogP contribution in [-0.4, -0.2) is 35.8 Å². The lowest BCUT2D eigenvalue weighted by molar-refractivity contribution is -0.149. The van der Waals surface area contributed by atoms with Crippen molar-refractivity contribution < 1.29 is 37.0 Å². The standard InChI is InChI=1S/C17H12Cl2F3NO5/c18-6-11(24)8-27-15(25)9-26-12-1-3-13(4-2-12)28-16-14(19)5-10(7-23-16)17(20,21)22/h1-5,7H,6,8-9H2. The van der Waals surface area contributed by atoms with Gasteiger partial charge in [0.05, 0.1) is 11.4 Å². The van der Waals surface area contributed by atoms with E-state index in [0.29, 0.717) is 18.0 Å². The van der Waals surface area contributed by atoms with Gasteiger partial charge in [-0.15, -0.1) is 11.6 Å². The van der Waals surface area contributed by atoms with Crippen molar-refractivity contribution in [1.29, 1.82) is 0 Å². The number of rotatable bonds is 8. The summed E-state index contributed by atoms with van der Waals surface area (Å²) < 4.78 is 52.9. The molecular formula is C17H12Cl2F3NO5. The number of ketones is 1. The highest BCUT2D eigenvalue weighted by Crippen LogP contribution is 2.34. The van der Waals surface area contributed by atoms with Crippen molar-refractivity contribution in [3.05, 3.63) is 47.1 Å². The van der Waals surface area contributed by atoms with Crippen molar-refractivity contribution >= 4 is 35.0 Å². The number of aromatic nitrogens is 1. The van der Waals surface area contributed by atoms with Crippen LogP contribution in [-0.2, 0) is 20.5 Å². The minimum absolute atomic E-state index is 0.198. The Morgan fingerprint density at radius 3 is 2.29 bits per heavy atom. The molecule has 28 heavy (non-hydrogen) atoms. The van der Waals surface area contributed by atoms with Crippen molar-refractivity contribution in [3.63, 3.8) is 0 Å². The highest BCUT2D eigenvalue weighted by molar-refractivity contribution is 6.31. The van der Waals surface area contributed by atoms with Gasteiger partial charge in [-0.05, 0) is 30.3 Å². The summed E-state index contributed by atoms with van der Waals surface area (Å²) in [6.45, 7) is -0.860. The van der Waals surface area contributed by atoms with E-state index in [4.69, 9.17) is 32.7 Å². The number of pyridine rings is 1. The lowest BCUT2D eigenvalue weighted by atomic mass is 10.3. The number of benzene rings is 1. The first kappa shape index (κ1) is 21.8. The molecule has 0 saturated heterocycles. The number of hydrogen-bond donors (Lipinski definition) is 0. The van der Waals surface area contributed by atoms with Gasteiger partial charge in [-0.2, -0.15) is 13.2 Å². The van der Waals surface area contributed by atoms with Crippen molar-refractivity contribution in [2.24, 2.45) is 0 Å². The molecule has 0 unspecified atom stereocenters. The maximum absolute atomic E-state index is 12.6. The summed E-state index contributed by atoms with van der Waals surface area (Å²) in [5.74, 6) is -1.12. The lowest BCUT2D eigenvalue weighted by Gasteiger charge is -2.10. The molecule has 0 amide bonds. The fourth-order valence-electron chi connectivity index (χ4n) is 1.75. The molecule has 11 heteroatoms. The molecule has 2 rings (SSSR count). The van der Waals surface area contributed by atoms with Crippen LogP contribution in [0.3, 0.4) is 0 Å². The van der Waals surface area contributed by atoms with Crippen molar-refractivity contribution in [2.75, 3.05) is 19.1 Å². The number of Topliss-reactive ketones (excluding diaryl/α,β-unsaturated/α-hetero) is 1. The van der Waals surface area contributed by atoms with Crippen LogP contribution >= 0.6 is 23.2 Å². The quantitative estimate of drug-likeness (QED) is 0.453. The van der Waals surface area contributed by atoms with Gasteiger partial charge in [-0.3, -0.25) is 4.79 Å². The second kappa shape index (κ2) is 9.61. The Labute approximate surface area is 167 Å². The van der Waals surface area contributed by atoms with Crippen LogP contribution in [0.2, 0.25) is 5.02 Å². The Hall–Kier alpha value is -2.52. The largest absolute Gasteiger partial charge is 0.482 e. The van der Waals surface area contributed by atoms with Crippen molar-refractivity contribution in [3.8, 4) is 17.4 Å². The van der Waals surface area contributed by atoms with E-state index in [1.54, 1.807) is 0 Å². The van der Waals surface area contributed by atoms with Gasteiger partial charge in [0, 0.05) is 6.20 Å². The highest BCUT2D eigenvalue weighted by atomic mass is 35.5. The minimum atomic E-state index is -4.56. The van der Waals surface area contributed by atoms with Gasteiger partial charge >= 0.3 is 12.1 Å². The summed E-state index contributed by atoms with van der Waals surface area (Å²) >= 11 is 11.0. The van der Waals surface area contributed by atoms with Crippen LogP contribution in [0.25, 0.3) is 0 Å². The number of esters is 1. The molecular weight excluding hydrogens is 426 g/mol. The number of carbonyl (C=O) groups excluding carboxylic acids is 2. The summed E-state index contributed by atoms with van der Waals surface area (Å²) in [6.07, 6.45) is -3.95. The molecule has 0 aliphatic carbocycles. The first-order valence-electron chi connectivity index (χ1n) is 7.56. The molecule has 0 radical (unpaired) electrons. The topological polar surface area (TPSA) is 74.7 Å². The molecule has 150 valence electrons. The fourth-order valence-corrected chi connectivity index (χ4v) is 2.04. The van der Waals surface area contributed by atoms with Gasteiger partial charge in [0.25, 0.3) is 0 Å². The zero-order chi connectivity index (χ0) is 20.7. The molecule has 1 aromatic heterocycles. The molecule has 0 fully saturated rings. The van der Waals surface area contributed by atoms with E-state index >= 15 is 0 Å². The minimum Gasteiger partial charge on any atom is -0.482 e. The summed E-state index contributed by atoms with van der Waals surface area (Å²) in [6, 6.07) is 6.48. The number of hydrogen-bond acceptors (Lipinski definition) is 6. The highest BCUT2D eigenvalue weighted by Gasteiger charge is 2.31. The van der Waals surface area contributed by atoms with Crippen molar-refractivity contribution in [2.45, 2.75) is 6.18 Å². The number of halogens is 5. The predicted molar refractivity (Wildman–Crippen MR) is 92.9 cm³/mol. The molecule has 2 aromatic rings. The molecule has 0 N–H and O–H groups in total. The second-order valence-electron chi connectivity index (χ2n) is 5.20. The fraction of sp³-hybridized carbons (Fsp3) is 0.235. The summed E-state index contributed by atoms with van der Waals surface area (Å²) in [4.78, 5) is 25.9. The van der Waals surface area contributed by atoms with E-state index in [1.807, 2.05) is 0 Å². The van der Waals surface area contributed by atoms with Gasteiger partial charge in [-0.1, -0.05) is 11.6 Å². The van der Waals surface area contributed by atoms with E-state index in [0.717, 1.165) is 0 Å². The first-order chi connectivity index (χ1) is 13.2. The smallest absolute Gasteiger partial charge is 0.417 e. The maximum Gasteiger partial charge on any atom is 0.417 e. The molecule has 0 atom stereocenters. The van der Waals surface area contributed by atoms with E-state index in [-0.39, 0.29) is 22.5 Å². The number of ether oxygens (including phenoxy) is 3. The molecule has 6 nitrogen and oxygen atoms in total. The van der Waals surface area contributed by atoms with Crippen LogP contribution in [0.1, 0.15) is 5.56 Å². The van der Waals surface area contributed by atoms with E-state index < -0.39 is 36.7 Å². The molecule has 1 heterocycles. The van der Waals surface area contributed by atoms with Gasteiger partial charge < -0.3 is 14.2 Å². The van der Waals surface area contributed by atoms with E-state index in [2.05, 4.69) is 9.72 Å². The number of carbonyl (C=O) groups is 2. The average molecular weight is 438 g/mol. The number of alkyl halides is 4. The molecule has 0 aliphatic rings. The lowest BCUT2D eigenvalue weighted by Crippen LogP contribution is -2.19. The SMILES string of the molecule is O=C(CCl)COC(=O)COc1ccc(Oc2ncc(C(F)(F)F)cc2Cl)cc1. The Morgan fingerprint density at radius 1 is 1.07 bits per heavy atom. The van der Waals surface area contributed by atoms with E-state index in [9.17, 15) is 22.8 Å². The first-order valence-corrected chi connectivity index (χ1v) is 8.47. The van der Waals surface area contributed by atoms with Gasteiger partial charge in [0.15, 0.2) is 19.0 Å². The average Bonchev–Trinajstić information content (AvgIpc) is 2.66. The zero-order valence-electron chi connectivity index (χ0n) is 14.0. The molecule has 0 aliphatic heterocycles. The summed E-state index contributed by atoms with van der Waals surface area (Å²) in [7, 11) is 0. The summed E-state index contributed by atoms with van der Waals surface area (Å²) in [5, 5.41) is -0.301. The molecule has 1 aromatic carbocycles. The Balaban J connectivity index is 1.91.